The van der Waals surface area contributed by atoms with Crippen LogP contribution in [-0.4, -0.2) is 28.6 Å². The summed E-state index contributed by atoms with van der Waals surface area (Å²) in [5.74, 6) is 0.505. The van der Waals surface area contributed by atoms with E-state index in [0.717, 1.165) is 11.1 Å². The molecule has 0 saturated carbocycles. The number of fused-ring (bicyclic) bond motifs is 1. The quantitative estimate of drug-likeness (QED) is 0.793. The van der Waals surface area contributed by atoms with Gasteiger partial charge in [0.05, 0.1) is 0 Å². The van der Waals surface area contributed by atoms with Crippen molar-refractivity contribution in [3.63, 3.8) is 0 Å². The summed E-state index contributed by atoms with van der Waals surface area (Å²) in [4.78, 5) is 18.7. The second-order valence-electron chi connectivity index (χ2n) is 6.22. The highest BCUT2D eigenvalue weighted by Gasteiger charge is 2.38. The minimum atomic E-state index is -0.399. The molecule has 2 N–H and O–H groups in total. The van der Waals surface area contributed by atoms with E-state index in [4.69, 9.17) is 14.9 Å². The van der Waals surface area contributed by atoms with E-state index in [1.54, 1.807) is 4.90 Å². The van der Waals surface area contributed by atoms with Crippen molar-refractivity contribution in [3.8, 4) is 0 Å². The Bertz CT molecular complexity index is 845. The second-order valence-corrected chi connectivity index (χ2v) is 6.22. The summed E-state index contributed by atoms with van der Waals surface area (Å²) < 4.78 is 11.3. The van der Waals surface area contributed by atoms with Crippen LogP contribution in [0, 0.1) is 0 Å². The summed E-state index contributed by atoms with van der Waals surface area (Å²) >= 11 is 0. The van der Waals surface area contributed by atoms with Crippen LogP contribution in [0.25, 0.3) is 11.1 Å². The number of oxazole rings is 1. The average Bonchev–Trinajstić information content (AvgIpc) is 3.23. The molecule has 0 bridgehead atoms. The third kappa shape index (κ3) is 3.21. The van der Waals surface area contributed by atoms with E-state index in [-0.39, 0.29) is 18.7 Å². The largest absolute Gasteiger partial charge is 0.445 e. The van der Waals surface area contributed by atoms with E-state index in [1.807, 2.05) is 54.6 Å². The van der Waals surface area contributed by atoms with E-state index < -0.39 is 6.09 Å². The van der Waals surface area contributed by atoms with Gasteiger partial charge in [-0.05, 0) is 24.1 Å². The van der Waals surface area contributed by atoms with Gasteiger partial charge in [-0.2, -0.15) is 0 Å². The number of ether oxygens (including phenoxy) is 1. The van der Waals surface area contributed by atoms with Gasteiger partial charge in [0.15, 0.2) is 5.58 Å². The van der Waals surface area contributed by atoms with Gasteiger partial charge in [-0.15, -0.1) is 0 Å². The first kappa shape index (κ1) is 15.7. The molecule has 1 aliphatic rings. The molecule has 25 heavy (non-hydrogen) atoms. The fourth-order valence-corrected chi connectivity index (χ4v) is 3.14. The van der Waals surface area contributed by atoms with Gasteiger partial charge in [0, 0.05) is 12.6 Å². The topological polar surface area (TPSA) is 81.6 Å². The average molecular weight is 337 g/mol. The molecule has 1 aromatic heterocycles. The minimum absolute atomic E-state index is 0.121. The van der Waals surface area contributed by atoms with Gasteiger partial charge in [-0.1, -0.05) is 42.5 Å². The molecule has 4 rings (SSSR count). The van der Waals surface area contributed by atoms with Crippen LogP contribution in [0.5, 0.6) is 0 Å². The van der Waals surface area contributed by atoms with Crippen LogP contribution in [0.15, 0.2) is 59.0 Å². The first-order valence-electron chi connectivity index (χ1n) is 8.29. The lowest BCUT2D eigenvalue weighted by atomic mass is 10.2. The molecule has 2 atom stereocenters. The van der Waals surface area contributed by atoms with Crippen LogP contribution < -0.4 is 5.73 Å². The summed E-state index contributed by atoms with van der Waals surface area (Å²) in [5, 5.41) is 0. The van der Waals surface area contributed by atoms with Gasteiger partial charge in [0.1, 0.15) is 18.2 Å². The molecule has 6 heteroatoms. The highest BCUT2D eigenvalue weighted by Crippen LogP contribution is 2.33. The second kappa shape index (κ2) is 6.57. The molecule has 128 valence electrons. The van der Waals surface area contributed by atoms with Gasteiger partial charge >= 0.3 is 6.09 Å². The Balaban J connectivity index is 1.51. The van der Waals surface area contributed by atoms with E-state index in [0.29, 0.717) is 24.4 Å². The number of benzene rings is 2. The third-order valence-corrected chi connectivity index (χ3v) is 4.37. The van der Waals surface area contributed by atoms with Crippen LogP contribution >= 0.6 is 0 Å². The number of carbonyl (C=O) groups excluding carboxylic acids is 1. The lowest BCUT2D eigenvalue weighted by Crippen LogP contribution is -2.33. The molecule has 2 aromatic carbocycles. The summed E-state index contributed by atoms with van der Waals surface area (Å²) in [7, 11) is 0. The molecule has 1 saturated heterocycles. The number of nitrogens with zero attached hydrogens (tertiary/aromatic N) is 2. The molecule has 0 spiro atoms. The molecular weight excluding hydrogens is 318 g/mol. The normalized spacial score (nSPS) is 20.1. The Labute approximate surface area is 145 Å². The first-order valence-corrected chi connectivity index (χ1v) is 8.29. The molecule has 3 aromatic rings. The van der Waals surface area contributed by atoms with E-state index in [1.165, 1.54) is 0 Å². The standard InChI is InChI=1S/C19H19N3O3/c20-14-10-16(18-21-15-8-4-5-9-17(15)25-18)22(11-14)19(23)24-12-13-6-2-1-3-7-13/h1-9,14,16H,10-12,20H2/t14-,16-/m0/s1. The van der Waals surface area contributed by atoms with Crippen molar-refractivity contribution in [1.29, 1.82) is 0 Å². The van der Waals surface area contributed by atoms with Gasteiger partial charge in [-0.25, -0.2) is 9.78 Å². The van der Waals surface area contributed by atoms with Crippen molar-refractivity contribution < 1.29 is 13.9 Å². The number of carbonyl (C=O) groups is 1. The number of rotatable bonds is 3. The van der Waals surface area contributed by atoms with Crippen LogP contribution in [-0.2, 0) is 11.3 Å². The number of aromatic nitrogens is 1. The smallest absolute Gasteiger partial charge is 0.410 e. The molecular formula is C19H19N3O3. The maximum Gasteiger partial charge on any atom is 0.410 e. The fraction of sp³-hybridized carbons (Fsp3) is 0.263. The molecule has 1 fully saturated rings. The SMILES string of the molecule is N[C@H]1C[C@@H](c2nc3ccccc3o2)N(C(=O)OCc2ccccc2)C1. The van der Waals surface area contributed by atoms with Gasteiger partial charge in [0.25, 0.3) is 0 Å². The summed E-state index contributed by atoms with van der Waals surface area (Å²) in [6, 6.07) is 16.7. The number of hydrogen-bond acceptors (Lipinski definition) is 5. The number of amides is 1. The molecule has 1 aliphatic heterocycles. The van der Waals surface area contributed by atoms with Crippen LogP contribution in [0.1, 0.15) is 23.9 Å². The molecule has 0 aliphatic carbocycles. The Morgan fingerprint density at radius 2 is 1.96 bits per heavy atom. The van der Waals surface area contributed by atoms with E-state index in [2.05, 4.69) is 4.98 Å². The molecule has 2 heterocycles. The molecule has 1 amide bonds. The predicted molar refractivity (Wildman–Crippen MR) is 92.7 cm³/mol. The number of para-hydroxylation sites is 2. The van der Waals surface area contributed by atoms with Crippen molar-refractivity contribution in [2.75, 3.05) is 6.54 Å². The zero-order valence-electron chi connectivity index (χ0n) is 13.7. The predicted octanol–water partition coefficient (Wildman–Crippen LogP) is 3.24. The summed E-state index contributed by atoms with van der Waals surface area (Å²) in [6.45, 7) is 0.655. The van der Waals surface area contributed by atoms with E-state index in [9.17, 15) is 4.79 Å². The van der Waals surface area contributed by atoms with Gasteiger partial charge < -0.3 is 14.9 Å². The maximum atomic E-state index is 12.5. The Morgan fingerprint density at radius 3 is 2.76 bits per heavy atom. The fourth-order valence-electron chi connectivity index (χ4n) is 3.14. The Morgan fingerprint density at radius 1 is 1.20 bits per heavy atom. The molecule has 6 nitrogen and oxygen atoms in total. The lowest BCUT2D eigenvalue weighted by Gasteiger charge is -2.21. The van der Waals surface area contributed by atoms with Crippen molar-refractivity contribution in [3.05, 3.63) is 66.1 Å². The lowest BCUT2D eigenvalue weighted by molar-refractivity contribution is 0.0878. The highest BCUT2D eigenvalue weighted by molar-refractivity contribution is 5.73. The van der Waals surface area contributed by atoms with Crippen molar-refractivity contribution in [2.45, 2.75) is 25.1 Å². The van der Waals surface area contributed by atoms with Crippen molar-refractivity contribution in [1.82, 2.24) is 9.88 Å². The van der Waals surface area contributed by atoms with Gasteiger partial charge in [0.2, 0.25) is 5.89 Å². The van der Waals surface area contributed by atoms with Crippen molar-refractivity contribution >= 4 is 17.2 Å². The van der Waals surface area contributed by atoms with Crippen LogP contribution in [0.4, 0.5) is 4.79 Å². The number of hydrogen-bond donors (Lipinski definition) is 1. The van der Waals surface area contributed by atoms with Crippen LogP contribution in [0.3, 0.4) is 0 Å². The van der Waals surface area contributed by atoms with Crippen molar-refractivity contribution in [2.24, 2.45) is 5.73 Å². The first-order chi connectivity index (χ1) is 12.2. The maximum absolute atomic E-state index is 12.5. The molecule has 0 unspecified atom stereocenters. The monoisotopic (exact) mass is 337 g/mol. The number of likely N-dealkylation sites (tertiary alicyclic amines) is 1. The highest BCUT2D eigenvalue weighted by atomic mass is 16.6. The zero-order valence-corrected chi connectivity index (χ0v) is 13.7. The van der Waals surface area contributed by atoms with Gasteiger partial charge in [-0.3, -0.25) is 4.90 Å². The minimum Gasteiger partial charge on any atom is -0.445 e. The Hall–Kier alpha value is -2.86. The summed E-state index contributed by atoms with van der Waals surface area (Å²) in [6.07, 6.45) is 0.205. The molecule has 0 radical (unpaired) electrons. The number of nitrogens with two attached hydrogens (primary N) is 1. The summed E-state index contributed by atoms with van der Waals surface area (Å²) in [5.41, 5.74) is 8.49. The van der Waals surface area contributed by atoms with Crippen LogP contribution in [0.2, 0.25) is 0 Å². The zero-order chi connectivity index (χ0) is 17.2. The Kier molecular flexibility index (Phi) is 4.11. The van der Waals surface area contributed by atoms with E-state index >= 15 is 0 Å². The third-order valence-electron chi connectivity index (χ3n) is 4.37.